The summed E-state index contributed by atoms with van der Waals surface area (Å²) in [6, 6.07) is 18.9. The molecule has 0 heterocycles. The molecule has 0 spiro atoms. The topological polar surface area (TPSA) is 58.2 Å². The maximum Gasteiger partial charge on any atom is 0.251 e. The molecule has 0 fully saturated rings. The highest BCUT2D eigenvalue weighted by atomic mass is 16.2. The maximum absolute atomic E-state index is 11.8. The van der Waals surface area contributed by atoms with Crippen LogP contribution in [0.15, 0.2) is 60.7 Å². The summed E-state index contributed by atoms with van der Waals surface area (Å²) < 4.78 is 0. The molecule has 2 N–H and O–H groups in total. The van der Waals surface area contributed by atoms with Crippen molar-refractivity contribution in [1.29, 1.82) is 0 Å². The lowest BCUT2D eigenvalue weighted by atomic mass is 10.1. The predicted octanol–water partition coefficient (Wildman–Crippen LogP) is 2.17. The molecule has 0 atom stereocenters. The molecule has 0 aromatic heterocycles. The number of amides is 2. The summed E-state index contributed by atoms with van der Waals surface area (Å²) in [4.78, 5) is 23.5. The summed E-state index contributed by atoms with van der Waals surface area (Å²) in [5.74, 6) is -0.128. The number of aryl methyl sites for hydroxylation is 1. The van der Waals surface area contributed by atoms with E-state index in [-0.39, 0.29) is 11.8 Å². The van der Waals surface area contributed by atoms with Crippen LogP contribution in [0.25, 0.3) is 0 Å². The molecule has 0 bridgehead atoms. The number of rotatable bonds is 7. The number of carbonyl (C=O) groups excluding carboxylic acids is 2. The second-order valence-electron chi connectivity index (χ2n) is 4.96. The van der Waals surface area contributed by atoms with Crippen LogP contribution in [-0.2, 0) is 11.2 Å². The lowest BCUT2D eigenvalue weighted by Crippen LogP contribution is -2.34. The molecule has 0 unspecified atom stereocenters. The second kappa shape index (κ2) is 8.62. The Kier molecular flexibility index (Phi) is 6.18. The molecule has 2 aromatic carbocycles. The molecule has 2 amide bonds. The molecule has 22 heavy (non-hydrogen) atoms. The average Bonchev–Trinajstić information content (AvgIpc) is 2.58. The molecular formula is C18H20N2O2. The molecule has 4 nitrogen and oxygen atoms in total. The first-order valence-corrected chi connectivity index (χ1v) is 7.39. The Hall–Kier alpha value is -2.62. The minimum Gasteiger partial charge on any atom is -0.354 e. The standard InChI is InChI=1S/C18H20N2O2/c21-17(12-11-15-7-3-1-4-8-15)19-13-14-20-18(22)16-9-5-2-6-10-16/h1-10H,11-14H2,(H,19,21)(H,20,22). The summed E-state index contributed by atoms with van der Waals surface area (Å²) in [5.41, 5.74) is 1.77. The van der Waals surface area contributed by atoms with Crippen molar-refractivity contribution in [2.45, 2.75) is 12.8 Å². The Bertz CT molecular complexity index is 597. The minimum atomic E-state index is -0.126. The monoisotopic (exact) mass is 296 g/mol. The molecule has 0 aliphatic heterocycles. The fourth-order valence-corrected chi connectivity index (χ4v) is 2.06. The quantitative estimate of drug-likeness (QED) is 0.769. The van der Waals surface area contributed by atoms with Crippen LogP contribution in [-0.4, -0.2) is 24.9 Å². The third kappa shape index (κ3) is 5.40. The van der Waals surface area contributed by atoms with E-state index in [4.69, 9.17) is 0 Å². The summed E-state index contributed by atoms with van der Waals surface area (Å²) in [7, 11) is 0. The van der Waals surface area contributed by atoms with Crippen molar-refractivity contribution in [3.05, 3.63) is 71.8 Å². The van der Waals surface area contributed by atoms with Crippen LogP contribution >= 0.6 is 0 Å². The predicted molar refractivity (Wildman–Crippen MR) is 86.5 cm³/mol. The molecule has 0 saturated heterocycles. The molecule has 2 aromatic rings. The molecule has 0 aliphatic carbocycles. The van der Waals surface area contributed by atoms with Crippen molar-refractivity contribution >= 4 is 11.8 Å². The van der Waals surface area contributed by atoms with Crippen LogP contribution in [0.5, 0.6) is 0 Å². The molecule has 0 saturated carbocycles. The van der Waals surface area contributed by atoms with Gasteiger partial charge in [-0.2, -0.15) is 0 Å². The van der Waals surface area contributed by atoms with Gasteiger partial charge in [0.05, 0.1) is 0 Å². The van der Waals surface area contributed by atoms with Gasteiger partial charge in [-0.25, -0.2) is 0 Å². The van der Waals surface area contributed by atoms with Gasteiger partial charge in [-0.15, -0.1) is 0 Å². The third-order valence-electron chi connectivity index (χ3n) is 3.25. The Labute approximate surface area is 130 Å². The summed E-state index contributed by atoms with van der Waals surface area (Å²) >= 11 is 0. The van der Waals surface area contributed by atoms with Crippen molar-refractivity contribution < 1.29 is 9.59 Å². The van der Waals surface area contributed by atoms with Gasteiger partial charge in [0.2, 0.25) is 5.91 Å². The normalized spacial score (nSPS) is 10.0. The van der Waals surface area contributed by atoms with Crippen molar-refractivity contribution in [3.63, 3.8) is 0 Å². The first-order chi connectivity index (χ1) is 10.8. The summed E-state index contributed by atoms with van der Waals surface area (Å²) in [6.07, 6.45) is 1.18. The van der Waals surface area contributed by atoms with Gasteiger partial charge in [-0.05, 0) is 24.1 Å². The van der Waals surface area contributed by atoms with Crippen molar-refractivity contribution in [2.75, 3.05) is 13.1 Å². The van der Waals surface area contributed by atoms with Gasteiger partial charge in [0.25, 0.3) is 5.91 Å². The smallest absolute Gasteiger partial charge is 0.251 e. The van der Waals surface area contributed by atoms with Crippen LogP contribution in [0.2, 0.25) is 0 Å². The van der Waals surface area contributed by atoms with E-state index in [2.05, 4.69) is 10.6 Å². The summed E-state index contributed by atoms with van der Waals surface area (Å²) in [6.45, 7) is 0.858. The van der Waals surface area contributed by atoms with Crippen LogP contribution in [0.1, 0.15) is 22.3 Å². The number of carbonyl (C=O) groups is 2. The summed E-state index contributed by atoms with van der Waals surface area (Å²) in [5, 5.41) is 5.58. The van der Waals surface area contributed by atoms with Gasteiger partial charge in [0.15, 0.2) is 0 Å². The van der Waals surface area contributed by atoms with E-state index in [1.54, 1.807) is 12.1 Å². The van der Waals surface area contributed by atoms with Crippen LogP contribution in [0.4, 0.5) is 0 Å². The zero-order chi connectivity index (χ0) is 15.6. The van der Waals surface area contributed by atoms with Crippen molar-refractivity contribution in [1.82, 2.24) is 10.6 Å². The maximum atomic E-state index is 11.8. The zero-order valence-corrected chi connectivity index (χ0v) is 12.4. The SMILES string of the molecule is O=C(CCc1ccccc1)NCCNC(=O)c1ccccc1. The number of hydrogen-bond acceptors (Lipinski definition) is 2. The number of hydrogen-bond donors (Lipinski definition) is 2. The van der Waals surface area contributed by atoms with E-state index in [1.165, 1.54) is 0 Å². The van der Waals surface area contributed by atoms with Gasteiger partial charge in [-0.3, -0.25) is 9.59 Å². The Morgan fingerprint density at radius 3 is 2.05 bits per heavy atom. The average molecular weight is 296 g/mol. The molecule has 4 heteroatoms. The first kappa shape index (κ1) is 15.8. The minimum absolute atomic E-state index is 0.00202. The molecule has 114 valence electrons. The van der Waals surface area contributed by atoms with Crippen LogP contribution < -0.4 is 10.6 Å². The van der Waals surface area contributed by atoms with E-state index in [0.29, 0.717) is 25.1 Å². The zero-order valence-electron chi connectivity index (χ0n) is 12.4. The molecular weight excluding hydrogens is 276 g/mol. The molecule has 0 radical (unpaired) electrons. The molecule has 2 rings (SSSR count). The lowest BCUT2D eigenvalue weighted by Gasteiger charge is -2.07. The van der Waals surface area contributed by atoms with E-state index in [0.717, 1.165) is 12.0 Å². The van der Waals surface area contributed by atoms with Crippen LogP contribution in [0, 0.1) is 0 Å². The fourth-order valence-electron chi connectivity index (χ4n) is 2.06. The fraction of sp³-hybridized carbons (Fsp3) is 0.222. The van der Waals surface area contributed by atoms with E-state index in [1.807, 2.05) is 48.5 Å². The van der Waals surface area contributed by atoms with E-state index >= 15 is 0 Å². The van der Waals surface area contributed by atoms with Gasteiger partial charge >= 0.3 is 0 Å². The molecule has 0 aliphatic rings. The highest BCUT2D eigenvalue weighted by molar-refractivity contribution is 5.94. The third-order valence-corrected chi connectivity index (χ3v) is 3.25. The lowest BCUT2D eigenvalue weighted by molar-refractivity contribution is -0.121. The van der Waals surface area contributed by atoms with E-state index < -0.39 is 0 Å². The Morgan fingerprint density at radius 2 is 1.36 bits per heavy atom. The van der Waals surface area contributed by atoms with Crippen LogP contribution in [0.3, 0.4) is 0 Å². The highest BCUT2D eigenvalue weighted by Crippen LogP contribution is 2.02. The van der Waals surface area contributed by atoms with Crippen molar-refractivity contribution in [3.8, 4) is 0 Å². The van der Waals surface area contributed by atoms with Gasteiger partial charge < -0.3 is 10.6 Å². The second-order valence-corrected chi connectivity index (χ2v) is 4.96. The Morgan fingerprint density at radius 1 is 0.773 bits per heavy atom. The Balaban J connectivity index is 1.60. The van der Waals surface area contributed by atoms with E-state index in [9.17, 15) is 9.59 Å². The number of benzene rings is 2. The van der Waals surface area contributed by atoms with Gasteiger partial charge in [0.1, 0.15) is 0 Å². The first-order valence-electron chi connectivity index (χ1n) is 7.39. The largest absolute Gasteiger partial charge is 0.354 e. The highest BCUT2D eigenvalue weighted by Gasteiger charge is 2.04. The van der Waals surface area contributed by atoms with Crippen molar-refractivity contribution in [2.24, 2.45) is 0 Å². The van der Waals surface area contributed by atoms with Gasteiger partial charge in [0, 0.05) is 25.1 Å². The number of nitrogens with one attached hydrogen (secondary N) is 2. The van der Waals surface area contributed by atoms with Gasteiger partial charge in [-0.1, -0.05) is 48.5 Å².